The molecule has 1 N–H and O–H groups in total. The number of thiazole rings is 1. The van der Waals surface area contributed by atoms with E-state index in [-0.39, 0.29) is 37.4 Å². The Kier molecular flexibility index (Phi) is 4.16. The van der Waals surface area contributed by atoms with E-state index in [4.69, 9.17) is 0 Å². The molecule has 1 aromatic heterocycles. The van der Waals surface area contributed by atoms with Gasteiger partial charge in [0.1, 0.15) is 16.5 Å². The predicted molar refractivity (Wildman–Crippen MR) is 82.2 cm³/mol. The summed E-state index contributed by atoms with van der Waals surface area (Å²) in [4.78, 5) is 18.5. The number of aromatic nitrogens is 1. The molecule has 2 aromatic rings. The Morgan fingerprint density at radius 3 is 2.43 bits per heavy atom. The van der Waals surface area contributed by atoms with Gasteiger partial charge in [-0.2, -0.15) is 0 Å². The molecule has 0 saturated carbocycles. The van der Waals surface area contributed by atoms with Crippen molar-refractivity contribution in [2.45, 2.75) is 25.4 Å². The second-order valence-corrected chi connectivity index (χ2v) is 6.90. The van der Waals surface area contributed by atoms with Gasteiger partial charge in [-0.3, -0.25) is 4.79 Å². The highest BCUT2D eigenvalue weighted by molar-refractivity contribution is 7.13. The monoisotopic (exact) mass is 338 g/mol. The Bertz CT molecular complexity index is 719. The number of hydrogen-bond donors (Lipinski definition) is 1. The van der Waals surface area contributed by atoms with Crippen LogP contribution in [0.1, 0.15) is 33.1 Å². The molecule has 0 aliphatic carbocycles. The van der Waals surface area contributed by atoms with Crippen LogP contribution in [0.25, 0.3) is 0 Å². The van der Waals surface area contributed by atoms with Gasteiger partial charge in [0.15, 0.2) is 0 Å². The molecule has 7 heteroatoms. The van der Waals surface area contributed by atoms with Gasteiger partial charge in [0, 0.05) is 13.1 Å². The van der Waals surface area contributed by atoms with Crippen molar-refractivity contribution in [2.24, 2.45) is 0 Å². The number of piperidine rings is 1. The van der Waals surface area contributed by atoms with Crippen molar-refractivity contribution in [3.05, 3.63) is 51.5 Å². The van der Waals surface area contributed by atoms with E-state index in [0.29, 0.717) is 4.88 Å². The summed E-state index contributed by atoms with van der Waals surface area (Å²) in [5.74, 6) is -1.68. The second kappa shape index (κ2) is 5.98. The molecule has 122 valence electrons. The third kappa shape index (κ3) is 2.98. The molecule has 1 aliphatic heterocycles. The molecule has 2 heterocycles. The molecule has 1 aliphatic rings. The van der Waals surface area contributed by atoms with Crippen molar-refractivity contribution in [3.8, 4) is 0 Å². The van der Waals surface area contributed by atoms with Gasteiger partial charge in [-0.25, -0.2) is 13.8 Å². The summed E-state index contributed by atoms with van der Waals surface area (Å²) in [7, 11) is 0. The Labute approximate surface area is 136 Å². The maximum atomic E-state index is 13.9. The Balaban J connectivity index is 1.76. The summed E-state index contributed by atoms with van der Waals surface area (Å²) in [6.07, 6.45) is 1.71. The van der Waals surface area contributed by atoms with E-state index in [1.807, 2.05) is 6.92 Å². The molecule has 1 fully saturated rings. The number of nitrogens with zero attached hydrogens (tertiary/aromatic N) is 2. The molecule has 3 rings (SSSR count). The van der Waals surface area contributed by atoms with E-state index >= 15 is 0 Å². The number of likely N-dealkylation sites (tertiary alicyclic amines) is 1. The quantitative estimate of drug-likeness (QED) is 0.916. The van der Waals surface area contributed by atoms with Crippen LogP contribution >= 0.6 is 11.3 Å². The average Bonchev–Trinajstić information content (AvgIpc) is 2.93. The molecule has 0 unspecified atom stereocenters. The van der Waals surface area contributed by atoms with Gasteiger partial charge in [-0.1, -0.05) is 6.07 Å². The number of halogens is 2. The lowest BCUT2D eigenvalue weighted by molar-refractivity contribution is -0.0261. The summed E-state index contributed by atoms with van der Waals surface area (Å²) >= 11 is 1.31. The number of rotatable bonds is 2. The Morgan fingerprint density at radius 2 is 1.91 bits per heavy atom. The number of aryl methyl sites for hydroxylation is 1. The minimum atomic E-state index is -1.59. The van der Waals surface area contributed by atoms with Gasteiger partial charge in [-0.05, 0) is 31.9 Å². The van der Waals surface area contributed by atoms with Gasteiger partial charge in [-0.15, -0.1) is 11.3 Å². The first-order valence-electron chi connectivity index (χ1n) is 7.29. The van der Waals surface area contributed by atoms with Crippen LogP contribution in [-0.4, -0.2) is 34.0 Å². The van der Waals surface area contributed by atoms with Gasteiger partial charge in [0.2, 0.25) is 0 Å². The largest absolute Gasteiger partial charge is 0.385 e. The van der Waals surface area contributed by atoms with Crippen LogP contribution in [0.3, 0.4) is 0 Å². The second-order valence-electron chi connectivity index (χ2n) is 5.66. The van der Waals surface area contributed by atoms with Gasteiger partial charge >= 0.3 is 0 Å². The fourth-order valence-electron chi connectivity index (χ4n) is 2.89. The Hall–Kier alpha value is -1.86. The molecular weight excluding hydrogens is 322 g/mol. The molecule has 0 radical (unpaired) electrons. The highest BCUT2D eigenvalue weighted by Gasteiger charge is 2.39. The Morgan fingerprint density at radius 1 is 1.30 bits per heavy atom. The summed E-state index contributed by atoms with van der Waals surface area (Å²) in [5, 5.41) is 11.5. The summed E-state index contributed by atoms with van der Waals surface area (Å²) < 4.78 is 27.8. The van der Waals surface area contributed by atoms with E-state index < -0.39 is 17.2 Å². The van der Waals surface area contributed by atoms with E-state index in [9.17, 15) is 18.7 Å². The molecule has 4 nitrogen and oxygen atoms in total. The maximum Gasteiger partial charge on any atom is 0.265 e. The molecule has 0 spiro atoms. The smallest absolute Gasteiger partial charge is 0.265 e. The average molecular weight is 338 g/mol. The lowest BCUT2D eigenvalue weighted by Gasteiger charge is -2.38. The minimum Gasteiger partial charge on any atom is -0.385 e. The first-order chi connectivity index (χ1) is 10.9. The number of hydrogen-bond acceptors (Lipinski definition) is 4. The molecule has 0 bridgehead atoms. The van der Waals surface area contributed by atoms with E-state index in [1.54, 1.807) is 4.90 Å². The van der Waals surface area contributed by atoms with Crippen molar-refractivity contribution in [3.63, 3.8) is 0 Å². The molecule has 0 atom stereocenters. The number of benzene rings is 1. The zero-order valence-corrected chi connectivity index (χ0v) is 13.4. The highest BCUT2D eigenvalue weighted by atomic mass is 32.1. The van der Waals surface area contributed by atoms with Crippen LogP contribution in [0.2, 0.25) is 0 Å². The normalized spacial score (nSPS) is 17.3. The molecule has 1 amide bonds. The van der Waals surface area contributed by atoms with Gasteiger partial charge in [0.25, 0.3) is 5.91 Å². The van der Waals surface area contributed by atoms with E-state index in [0.717, 1.165) is 17.1 Å². The molecule has 1 aromatic carbocycles. The lowest BCUT2D eigenvalue weighted by atomic mass is 9.83. The van der Waals surface area contributed by atoms with E-state index in [1.165, 1.54) is 23.6 Å². The van der Waals surface area contributed by atoms with Crippen molar-refractivity contribution < 1.29 is 18.7 Å². The fourth-order valence-corrected chi connectivity index (χ4v) is 3.63. The van der Waals surface area contributed by atoms with Crippen molar-refractivity contribution >= 4 is 17.2 Å². The van der Waals surface area contributed by atoms with Crippen molar-refractivity contribution in [2.75, 3.05) is 13.1 Å². The van der Waals surface area contributed by atoms with Crippen LogP contribution < -0.4 is 0 Å². The van der Waals surface area contributed by atoms with Gasteiger partial charge < -0.3 is 10.0 Å². The lowest BCUT2D eigenvalue weighted by Crippen LogP contribution is -2.45. The predicted octanol–water partition coefficient (Wildman–Crippen LogP) is 2.85. The number of carbonyl (C=O) groups excluding carboxylic acids is 1. The maximum absolute atomic E-state index is 13.9. The first kappa shape index (κ1) is 16.0. The van der Waals surface area contributed by atoms with Crippen molar-refractivity contribution in [1.29, 1.82) is 0 Å². The fraction of sp³-hybridized carbons (Fsp3) is 0.375. The number of aliphatic hydroxyl groups is 1. The van der Waals surface area contributed by atoms with Crippen LogP contribution in [0.5, 0.6) is 0 Å². The summed E-state index contributed by atoms with van der Waals surface area (Å²) in [5.41, 5.74) is -1.89. The third-order valence-electron chi connectivity index (χ3n) is 4.14. The van der Waals surface area contributed by atoms with Crippen LogP contribution in [0.4, 0.5) is 8.78 Å². The molecule has 1 saturated heterocycles. The zero-order valence-electron chi connectivity index (χ0n) is 12.6. The van der Waals surface area contributed by atoms with Crippen molar-refractivity contribution in [1.82, 2.24) is 9.88 Å². The summed E-state index contributed by atoms with van der Waals surface area (Å²) in [6.45, 7) is 2.29. The first-order valence-corrected chi connectivity index (χ1v) is 8.11. The van der Waals surface area contributed by atoms with Gasteiger partial charge in [0.05, 0.1) is 22.4 Å². The highest BCUT2D eigenvalue weighted by Crippen LogP contribution is 2.36. The van der Waals surface area contributed by atoms with Crippen LogP contribution in [-0.2, 0) is 5.60 Å². The number of carbonyl (C=O) groups is 1. The molecule has 23 heavy (non-hydrogen) atoms. The SMILES string of the molecule is Cc1ncc(C(=O)N2CCC(O)(c3c(F)cccc3F)CC2)s1. The van der Waals surface area contributed by atoms with E-state index in [2.05, 4.69) is 4.98 Å². The topological polar surface area (TPSA) is 53.4 Å². The minimum absolute atomic E-state index is 0.0916. The zero-order chi connectivity index (χ0) is 16.6. The molecular formula is C16H16F2N2O2S. The summed E-state index contributed by atoms with van der Waals surface area (Å²) in [6, 6.07) is 3.53. The third-order valence-corrected chi connectivity index (χ3v) is 5.04. The standard InChI is InChI=1S/C16H16F2N2O2S/c1-10-19-9-13(23-10)15(21)20-7-5-16(22,6-8-20)14-11(17)3-2-4-12(14)18/h2-4,9,22H,5-8H2,1H3. The van der Waals surface area contributed by atoms with Crippen LogP contribution in [0, 0.1) is 18.6 Å². The van der Waals surface area contributed by atoms with Crippen LogP contribution in [0.15, 0.2) is 24.4 Å². The number of amides is 1.